The third-order valence-corrected chi connectivity index (χ3v) is 5.16. The van der Waals surface area contributed by atoms with Crippen LogP contribution in [0.25, 0.3) is 0 Å². The van der Waals surface area contributed by atoms with Crippen LogP contribution < -0.4 is 19.5 Å². The van der Waals surface area contributed by atoms with Crippen molar-refractivity contribution in [2.24, 2.45) is 0 Å². The Morgan fingerprint density at radius 3 is 1.41 bits per heavy atom. The van der Waals surface area contributed by atoms with Gasteiger partial charge in [-0.25, -0.2) is 9.97 Å². The number of carbonyl (C=O) groups excluding carboxylic acids is 4. The van der Waals surface area contributed by atoms with Gasteiger partial charge in [0.05, 0.1) is 22.9 Å². The number of nitrogens with one attached hydrogen (secondary N) is 4. The molecule has 2 aromatic heterocycles. The zero-order valence-corrected chi connectivity index (χ0v) is 20.3. The van der Waals surface area contributed by atoms with Gasteiger partial charge in [-0.3, -0.25) is 22.7 Å². The van der Waals surface area contributed by atoms with Crippen molar-refractivity contribution in [3.8, 4) is 0 Å². The second kappa shape index (κ2) is 11.8. The maximum absolute atomic E-state index is 12.4. The molecule has 0 unspecified atom stereocenters. The highest BCUT2D eigenvalue weighted by atomic mass is 127. The van der Waals surface area contributed by atoms with Crippen LogP contribution in [0.15, 0.2) is 60.7 Å². The lowest BCUT2D eigenvalue weighted by Gasteiger charge is -2.08. The van der Waals surface area contributed by atoms with Gasteiger partial charge in [0.2, 0.25) is 0 Å². The number of rotatable bonds is 8. The summed E-state index contributed by atoms with van der Waals surface area (Å²) in [5.41, 5.74) is 2.32. The lowest BCUT2D eigenvalue weighted by molar-refractivity contribution is 0.0932. The van der Waals surface area contributed by atoms with E-state index in [9.17, 15) is 19.2 Å². The van der Waals surface area contributed by atoms with Crippen molar-refractivity contribution >= 4 is 46.5 Å². The Kier molecular flexibility index (Phi) is 8.62. The van der Waals surface area contributed by atoms with Gasteiger partial charge in [-0.2, -0.15) is 0 Å². The van der Waals surface area contributed by atoms with E-state index in [1.54, 1.807) is 35.0 Å². The Morgan fingerprint density at radius 1 is 0.647 bits per heavy atom. The summed E-state index contributed by atoms with van der Waals surface area (Å²) < 4.78 is 2.44. The van der Waals surface area contributed by atoms with Gasteiger partial charge in [-0.15, -0.1) is 0 Å². The summed E-state index contributed by atoms with van der Waals surface area (Å²) >= 11 is 1.71. The maximum Gasteiger partial charge on any atom is 0.278 e. The number of halogens is 1. The van der Waals surface area contributed by atoms with Crippen LogP contribution in [0.3, 0.4) is 0 Å². The first kappa shape index (κ1) is 24.8. The molecule has 10 nitrogen and oxygen atoms in total. The zero-order chi connectivity index (χ0) is 24.5. The second-order valence-corrected chi connectivity index (χ2v) is 7.54. The van der Waals surface area contributed by atoms with Gasteiger partial charge in [0.15, 0.2) is 0 Å². The summed E-state index contributed by atoms with van der Waals surface area (Å²) in [6.45, 7) is 0.541. The van der Waals surface area contributed by atoms with Crippen LogP contribution in [0.5, 0.6) is 0 Å². The van der Waals surface area contributed by atoms with E-state index >= 15 is 0 Å². The van der Waals surface area contributed by atoms with Crippen LogP contribution in [0.4, 0.5) is 0 Å². The summed E-state index contributed by atoms with van der Waals surface area (Å²) in [7, 11) is 1.49. The normalized spacial score (nSPS) is 10.2. The first-order valence-electron chi connectivity index (χ1n) is 10.1. The third kappa shape index (κ3) is 6.57. The van der Waals surface area contributed by atoms with E-state index in [1.807, 2.05) is 24.3 Å². The van der Waals surface area contributed by atoms with E-state index in [0.29, 0.717) is 0 Å². The molecular weight excluding hydrogens is 551 g/mol. The molecule has 11 heteroatoms. The molecule has 2 heterocycles. The number of hydrogen-bond acceptors (Lipinski definition) is 6. The first-order valence-corrected chi connectivity index (χ1v) is 11.2. The smallest absolute Gasteiger partial charge is 0.278 e. The van der Waals surface area contributed by atoms with Gasteiger partial charge in [0.1, 0.15) is 22.8 Å². The standard InChI is InChI=1S/C23H21IN6O4/c1-25-20(31)16-4-2-5-17(28-16)21(32)26-12-14-8-10-15(11-9-14)13-27-22(33)18-6-3-7-19(29-18)23(34)30-24/h2-11H,12-13H2,1H3,(H,25,31)(H,26,32)(H,27,33)(H,30,34). The van der Waals surface area contributed by atoms with Gasteiger partial charge < -0.3 is 16.0 Å². The van der Waals surface area contributed by atoms with Crippen molar-refractivity contribution in [2.45, 2.75) is 13.1 Å². The van der Waals surface area contributed by atoms with Gasteiger partial charge >= 0.3 is 0 Å². The molecule has 0 bridgehead atoms. The topological polar surface area (TPSA) is 142 Å². The molecule has 3 rings (SSSR count). The SMILES string of the molecule is CNC(=O)c1cccc(C(=O)NCc2ccc(CNC(=O)c3cccc(C(=O)NI)n3)cc2)n1. The van der Waals surface area contributed by atoms with Crippen molar-refractivity contribution in [1.29, 1.82) is 0 Å². The van der Waals surface area contributed by atoms with Crippen LogP contribution in [0.1, 0.15) is 53.1 Å². The predicted molar refractivity (Wildman–Crippen MR) is 132 cm³/mol. The van der Waals surface area contributed by atoms with Crippen LogP contribution in [0.2, 0.25) is 0 Å². The van der Waals surface area contributed by atoms with Gasteiger partial charge in [0, 0.05) is 20.1 Å². The average Bonchev–Trinajstić information content (AvgIpc) is 2.90. The van der Waals surface area contributed by atoms with Crippen molar-refractivity contribution in [3.63, 3.8) is 0 Å². The summed E-state index contributed by atoms with van der Waals surface area (Å²) in [6, 6.07) is 16.6. The fraction of sp³-hybridized carbons (Fsp3) is 0.130. The van der Waals surface area contributed by atoms with E-state index in [2.05, 4.69) is 29.4 Å². The molecule has 34 heavy (non-hydrogen) atoms. The van der Waals surface area contributed by atoms with Crippen molar-refractivity contribution < 1.29 is 19.2 Å². The molecule has 174 valence electrons. The Morgan fingerprint density at radius 2 is 1.03 bits per heavy atom. The molecule has 0 saturated heterocycles. The maximum atomic E-state index is 12.4. The lowest BCUT2D eigenvalue weighted by atomic mass is 10.1. The highest BCUT2D eigenvalue weighted by molar-refractivity contribution is 14.1. The van der Waals surface area contributed by atoms with Gasteiger partial charge in [-0.1, -0.05) is 36.4 Å². The number of carbonyl (C=O) groups is 4. The monoisotopic (exact) mass is 572 g/mol. The van der Waals surface area contributed by atoms with Crippen molar-refractivity contribution in [2.75, 3.05) is 7.05 Å². The van der Waals surface area contributed by atoms with Crippen LogP contribution >= 0.6 is 22.9 Å². The highest BCUT2D eigenvalue weighted by Crippen LogP contribution is 2.07. The minimum absolute atomic E-state index is 0.144. The quantitative estimate of drug-likeness (QED) is 0.240. The average molecular weight is 572 g/mol. The number of amides is 4. The molecular formula is C23H21IN6O4. The molecule has 0 aliphatic carbocycles. The molecule has 0 fully saturated rings. The molecule has 0 radical (unpaired) electrons. The Bertz CT molecular complexity index is 1120. The molecule has 0 aliphatic heterocycles. The molecule has 4 N–H and O–H groups in total. The number of hydrogen-bond donors (Lipinski definition) is 4. The van der Waals surface area contributed by atoms with Crippen LogP contribution in [-0.2, 0) is 13.1 Å². The molecule has 0 saturated carbocycles. The fourth-order valence-corrected chi connectivity index (χ4v) is 3.15. The molecule has 0 aliphatic rings. The Labute approximate surface area is 209 Å². The Hall–Kier alpha value is -3.87. The highest BCUT2D eigenvalue weighted by Gasteiger charge is 2.13. The lowest BCUT2D eigenvalue weighted by Crippen LogP contribution is -2.26. The molecule has 1 aromatic carbocycles. The van der Waals surface area contributed by atoms with E-state index in [4.69, 9.17) is 0 Å². The molecule has 0 spiro atoms. The Balaban J connectivity index is 1.52. The number of pyridine rings is 2. The minimum Gasteiger partial charge on any atom is -0.354 e. The molecule has 0 atom stereocenters. The second-order valence-electron chi connectivity index (χ2n) is 7.00. The van der Waals surface area contributed by atoms with E-state index in [1.165, 1.54) is 31.3 Å². The summed E-state index contributed by atoms with van der Waals surface area (Å²) in [6.07, 6.45) is 0. The van der Waals surface area contributed by atoms with Crippen molar-refractivity contribution in [3.05, 3.63) is 94.6 Å². The van der Waals surface area contributed by atoms with E-state index in [0.717, 1.165) is 11.1 Å². The van der Waals surface area contributed by atoms with Gasteiger partial charge in [0.25, 0.3) is 23.6 Å². The molecule has 3 aromatic rings. The van der Waals surface area contributed by atoms with Crippen LogP contribution in [0, 0.1) is 0 Å². The summed E-state index contributed by atoms with van der Waals surface area (Å²) in [5, 5.41) is 8.00. The largest absolute Gasteiger partial charge is 0.354 e. The third-order valence-electron chi connectivity index (χ3n) is 4.67. The minimum atomic E-state index is -0.397. The number of aromatic nitrogens is 2. The first-order chi connectivity index (χ1) is 16.4. The fourth-order valence-electron chi connectivity index (χ4n) is 2.87. The zero-order valence-electron chi connectivity index (χ0n) is 18.1. The van der Waals surface area contributed by atoms with Gasteiger partial charge in [-0.05, 0) is 35.4 Å². The summed E-state index contributed by atoms with van der Waals surface area (Å²) in [4.78, 5) is 56.2. The molecule has 4 amide bonds. The van der Waals surface area contributed by atoms with Crippen molar-refractivity contribution in [1.82, 2.24) is 29.4 Å². The van der Waals surface area contributed by atoms with E-state index in [-0.39, 0.29) is 47.7 Å². The summed E-state index contributed by atoms with van der Waals surface area (Å²) in [5.74, 6) is -1.54. The van der Waals surface area contributed by atoms with Crippen LogP contribution in [-0.4, -0.2) is 40.6 Å². The number of benzene rings is 1. The predicted octanol–water partition coefficient (Wildman–Crippen LogP) is 1.78. The number of nitrogens with zero attached hydrogens (tertiary/aromatic N) is 2. The van der Waals surface area contributed by atoms with E-state index < -0.39 is 11.8 Å².